The number of carboxylic acid groups (broad SMARTS) is 1. The van der Waals surface area contributed by atoms with Gasteiger partial charge in [0.2, 0.25) is 0 Å². The molecule has 0 spiro atoms. The number of aliphatic carboxylic acids is 1. The Morgan fingerprint density at radius 2 is 2.00 bits per heavy atom. The van der Waals surface area contributed by atoms with Gasteiger partial charge >= 0.3 is 5.97 Å². The summed E-state index contributed by atoms with van der Waals surface area (Å²) in [4.78, 5) is 13.7. The molecule has 0 bridgehead atoms. The van der Waals surface area contributed by atoms with E-state index in [1.54, 1.807) is 0 Å². The lowest BCUT2D eigenvalue weighted by Gasteiger charge is -2.62. The van der Waals surface area contributed by atoms with Gasteiger partial charge in [-0.2, -0.15) is 0 Å². The Bertz CT molecular complexity index is 455. The minimum atomic E-state index is -0.642. The first-order valence-corrected chi connectivity index (χ1v) is 6.69. The molecule has 96 valence electrons. The average Bonchev–Trinajstić information content (AvgIpc) is 2.26. The summed E-state index contributed by atoms with van der Waals surface area (Å²) >= 11 is 0. The molecule has 1 N–H and O–H groups in total. The number of benzene rings is 1. The molecule has 0 amide bonds. The largest absolute Gasteiger partial charge is 0.481 e. The highest BCUT2D eigenvalue weighted by Crippen LogP contribution is 2.51. The lowest BCUT2D eigenvalue weighted by atomic mass is 9.60. The summed E-state index contributed by atoms with van der Waals surface area (Å²) in [6.07, 6.45) is 3.59. The number of hydrogen-bond acceptors (Lipinski definition) is 2. The Balaban J connectivity index is 1.90. The maximum atomic E-state index is 11.4. The molecule has 3 nitrogen and oxygen atoms in total. The smallest absolute Gasteiger partial charge is 0.310 e. The third-order valence-corrected chi connectivity index (χ3v) is 4.95. The van der Waals surface area contributed by atoms with Crippen molar-refractivity contribution in [1.29, 1.82) is 0 Å². The zero-order chi connectivity index (χ0) is 12.8. The molecule has 1 aromatic rings. The molecule has 1 aromatic carbocycles. The molecular weight excluding hydrogens is 226 g/mol. The van der Waals surface area contributed by atoms with E-state index in [1.165, 1.54) is 19.3 Å². The number of hydrogen-bond donors (Lipinski definition) is 1. The molecule has 1 aliphatic heterocycles. The first-order chi connectivity index (χ1) is 8.64. The van der Waals surface area contributed by atoms with Crippen LogP contribution in [-0.4, -0.2) is 23.2 Å². The Kier molecular flexibility index (Phi) is 2.58. The van der Waals surface area contributed by atoms with E-state index in [1.807, 2.05) is 18.2 Å². The molecular formula is C15H19NO2. The summed E-state index contributed by atoms with van der Waals surface area (Å²) in [5.41, 5.74) is 0.968. The molecule has 3 rings (SSSR count). The van der Waals surface area contributed by atoms with E-state index in [-0.39, 0.29) is 11.5 Å². The Labute approximate surface area is 107 Å². The molecule has 1 heterocycles. The zero-order valence-corrected chi connectivity index (χ0v) is 10.7. The third-order valence-electron chi connectivity index (χ3n) is 4.95. The van der Waals surface area contributed by atoms with Gasteiger partial charge in [-0.3, -0.25) is 4.79 Å². The fourth-order valence-corrected chi connectivity index (χ4v) is 3.46. The summed E-state index contributed by atoms with van der Waals surface area (Å²) in [5, 5.41) is 9.38. The summed E-state index contributed by atoms with van der Waals surface area (Å²) in [7, 11) is 0. The Morgan fingerprint density at radius 1 is 1.33 bits per heavy atom. The molecule has 2 fully saturated rings. The van der Waals surface area contributed by atoms with E-state index in [9.17, 15) is 9.90 Å². The van der Waals surface area contributed by atoms with Crippen LogP contribution < -0.4 is 4.90 Å². The van der Waals surface area contributed by atoms with Gasteiger partial charge in [-0.25, -0.2) is 0 Å². The van der Waals surface area contributed by atoms with Crippen LogP contribution in [0.15, 0.2) is 30.3 Å². The number of para-hydroxylation sites is 1. The van der Waals surface area contributed by atoms with Crippen LogP contribution in [-0.2, 0) is 4.79 Å². The van der Waals surface area contributed by atoms with E-state index in [4.69, 9.17) is 0 Å². The van der Waals surface area contributed by atoms with Gasteiger partial charge in [0.15, 0.2) is 0 Å². The van der Waals surface area contributed by atoms with Crippen molar-refractivity contribution in [3.8, 4) is 0 Å². The second kappa shape index (κ2) is 4.01. The van der Waals surface area contributed by atoms with E-state index >= 15 is 0 Å². The zero-order valence-electron chi connectivity index (χ0n) is 10.7. The summed E-state index contributed by atoms with van der Waals surface area (Å²) in [6, 6.07) is 10.2. The standard InChI is InChI=1S/C15H19NO2/c1-15(11-6-5-7-11)13(14(17)18)10-16(15)12-8-3-2-4-9-12/h2-4,8-9,11,13H,5-7,10H2,1H3,(H,17,18). The normalized spacial score (nSPS) is 31.6. The molecule has 1 aliphatic carbocycles. The van der Waals surface area contributed by atoms with Crippen LogP contribution in [0.5, 0.6) is 0 Å². The van der Waals surface area contributed by atoms with Crippen molar-refractivity contribution in [3.63, 3.8) is 0 Å². The van der Waals surface area contributed by atoms with E-state index < -0.39 is 5.97 Å². The quantitative estimate of drug-likeness (QED) is 0.890. The molecule has 2 atom stereocenters. The van der Waals surface area contributed by atoms with Crippen LogP contribution in [0.4, 0.5) is 5.69 Å². The first-order valence-electron chi connectivity index (χ1n) is 6.69. The van der Waals surface area contributed by atoms with Crippen molar-refractivity contribution in [2.75, 3.05) is 11.4 Å². The first kappa shape index (κ1) is 11.6. The van der Waals surface area contributed by atoms with Gasteiger partial charge in [0.1, 0.15) is 0 Å². The van der Waals surface area contributed by atoms with Crippen LogP contribution >= 0.6 is 0 Å². The second-order valence-electron chi connectivity index (χ2n) is 5.69. The monoisotopic (exact) mass is 245 g/mol. The van der Waals surface area contributed by atoms with Gasteiger partial charge in [-0.1, -0.05) is 24.6 Å². The summed E-state index contributed by atoms with van der Waals surface area (Å²) in [5.74, 6) is -0.327. The fourth-order valence-electron chi connectivity index (χ4n) is 3.46. The van der Waals surface area contributed by atoms with Crippen LogP contribution in [0.2, 0.25) is 0 Å². The highest BCUT2D eigenvalue weighted by molar-refractivity contribution is 5.77. The molecule has 0 aromatic heterocycles. The van der Waals surface area contributed by atoms with Crippen LogP contribution in [0.1, 0.15) is 26.2 Å². The maximum absolute atomic E-state index is 11.4. The van der Waals surface area contributed by atoms with E-state index in [0.717, 1.165) is 5.69 Å². The third kappa shape index (κ3) is 1.46. The highest BCUT2D eigenvalue weighted by Gasteiger charge is 2.58. The molecule has 2 aliphatic rings. The van der Waals surface area contributed by atoms with Gasteiger partial charge in [0, 0.05) is 12.2 Å². The number of carbonyl (C=O) groups is 1. The highest BCUT2D eigenvalue weighted by atomic mass is 16.4. The topological polar surface area (TPSA) is 40.5 Å². The van der Waals surface area contributed by atoms with E-state index in [2.05, 4.69) is 24.0 Å². The van der Waals surface area contributed by atoms with Gasteiger partial charge in [0.25, 0.3) is 0 Å². The van der Waals surface area contributed by atoms with Gasteiger partial charge in [-0.05, 0) is 37.8 Å². The van der Waals surface area contributed by atoms with Crippen molar-refractivity contribution < 1.29 is 9.90 Å². The van der Waals surface area contributed by atoms with Crippen LogP contribution in [0, 0.1) is 11.8 Å². The molecule has 0 radical (unpaired) electrons. The second-order valence-corrected chi connectivity index (χ2v) is 5.69. The van der Waals surface area contributed by atoms with Crippen LogP contribution in [0.3, 0.4) is 0 Å². The minimum absolute atomic E-state index is 0.189. The Hall–Kier alpha value is -1.51. The molecule has 3 heteroatoms. The molecule has 1 saturated carbocycles. The number of nitrogens with zero attached hydrogens (tertiary/aromatic N) is 1. The minimum Gasteiger partial charge on any atom is -0.481 e. The van der Waals surface area contributed by atoms with Crippen molar-refractivity contribution in [3.05, 3.63) is 30.3 Å². The molecule has 2 unspecified atom stereocenters. The average molecular weight is 245 g/mol. The summed E-state index contributed by atoms with van der Waals surface area (Å²) in [6.45, 7) is 2.78. The number of carboxylic acids is 1. The number of anilines is 1. The van der Waals surface area contributed by atoms with Crippen molar-refractivity contribution in [2.45, 2.75) is 31.7 Å². The predicted molar refractivity (Wildman–Crippen MR) is 70.7 cm³/mol. The van der Waals surface area contributed by atoms with E-state index in [0.29, 0.717) is 12.5 Å². The Morgan fingerprint density at radius 3 is 2.50 bits per heavy atom. The fraction of sp³-hybridized carbons (Fsp3) is 0.533. The maximum Gasteiger partial charge on any atom is 0.310 e. The summed E-state index contributed by atoms with van der Waals surface area (Å²) < 4.78 is 0. The lowest BCUT2D eigenvalue weighted by Crippen LogP contribution is -2.72. The van der Waals surface area contributed by atoms with Gasteiger partial charge in [-0.15, -0.1) is 0 Å². The van der Waals surface area contributed by atoms with Crippen molar-refractivity contribution >= 4 is 11.7 Å². The molecule has 1 saturated heterocycles. The lowest BCUT2D eigenvalue weighted by molar-refractivity contribution is -0.149. The van der Waals surface area contributed by atoms with Gasteiger partial charge in [0.05, 0.1) is 11.5 Å². The predicted octanol–water partition coefficient (Wildman–Crippen LogP) is 2.77. The van der Waals surface area contributed by atoms with Crippen LogP contribution in [0.25, 0.3) is 0 Å². The van der Waals surface area contributed by atoms with Crippen molar-refractivity contribution in [2.24, 2.45) is 11.8 Å². The SMILES string of the molecule is CC1(C2CCC2)C(C(=O)O)CN1c1ccccc1. The van der Waals surface area contributed by atoms with Crippen molar-refractivity contribution in [1.82, 2.24) is 0 Å². The molecule has 18 heavy (non-hydrogen) atoms. The van der Waals surface area contributed by atoms with Gasteiger partial charge < -0.3 is 10.0 Å². The number of rotatable bonds is 3.